The van der Waals surface area contributed by atoms with Crippen molar-refractivity contribution in [2.75, 3.05) is 26.7 Å². The van der Waals surface area contributed by atoms with Gasteiger partial charge in [-0.2, -0.15) is 0 Å². The minimum Gasteiger partial charge on any atom is -0.497 e. The highest BCUT2D eigenvalue weighted by molar-refractivity contribution is 5.83. The molecule has 1 aromatic rings. The van der Waals surface area contributed by atoms with Crippen molar-refractivity contribution >= 4 is 11.9 Å². The maximum absolute atomic E-state index is 12.0. The van der Waals surface area contributed by atoms with Crippen molar-refractivity contribution in [2.24, 2.45) is 11.7 Å². The van der Waals surface area contributed by atoms with Crippen LogP contribution in [0.25, 0.3) is 0 Å². The Hall–Kier alpha value is -2.24. The number of hydrogen-bond acceptors (Lipinski definition) is 3. The summed E-state index contributed by atoms with van der Waals surface area (Å²) in [6.45, 7) is 1.50. The third kappa shape index (κ3) is 5.47. The Labute approximate surface area is 137 Å². The summed E-state index contributed by atoms with van der Waals surface area (Å²) >= 11 is 0. The second kappa shape index (κ2) is 8.41. The van der Waals surface area contributed by atoms with E-state index >= 15 is 0 Å². The van der Waals surface area contributed by atoms with E-state index in [0.29, 0.717) is 5.92 Å². The molecule has 0 unspecified atom stereocenters. The molecule has 6 heteroatoms. The van der Waals surface area contributed by atoms with Gasteiger partial charge < -0.3 is 20.7 Å². The molecule has 1 fully saturated rings. The van der Waals surface area contributed by atoms with Gasteiger partial charge in [-0.25, -0.2) is 4.79 Å². The van der Waals surface area contributed by atoms with E-state index < -0.39 is 6.03 Å². The molecule has 23 heavy (non-hydrogen) atoms. The largest absolute Gasteiger partial charge is 0.497 e. The summed E-state index contributed by atoms with van der Waals surface area (Å²) in [6.07, 6.45) is 4.16. The number of aryl methyl sites for hydroxylation is 1. The lowest BCUT2D eigenvalue weighted by atomic mass is 9.91. The van der Waals surface area contributed by atoms with Crippen molar-refractivity contribution in [3.05, 3.63) is 29.8 Å². The van der Waals surface area contributed by atoms with Crippen LogP contribution in [0, 0.1) is 5.92 Å². The third-order valence-corrected chi connectivity index (χ3v) is 4.26. The van der Waals surface area contributed by atoms with Gasteiger partial charge in [0.15, 0.2) is 0 Å². The topological polar surface area (TPSA) is 84.7 Å². The summed E-state index contributed by atoms with van der Waals surface area (Å²) < 4.78 is 5.24. The molecule has 0 aliphatic carbocycles. The Bertz CT molecular complexity index is 548. The lowest BCUT2D eigenvalue weighted by molar-refractivity contribution is -0.131. The predicted molar refractivity (Wildman–Crippen MR) is 88.2 cm³/mol. The molecule has 3 amide bonds. The SMILES string of the molecule is COc1cccc(CC[C@H]2CCCN(C(=O)CNC(N)=O)C2)c1. The standard InChI is InChI=1S/C17H25N3O3/c1-23-15-6-2-4-13(10-15)7-8-14-5-3-9-20(12-14)16(21)11-19-17(18)22/h2,4,6,10,14H,3,5,7-9,11-12H2,1H3,(H3,18,19,22)/t14-/m1/s1. The molecule has 1 aliphatic rings. The van der Waals surface area contributed by atoms with Crippen LogP contribution >= 0.6 is 0 Å². The minimum absolute atomic E-state index is 0.0159. The number of hydrogen-bond donors (Lipinski definition) is 2. The zero-order chi connectivity index (χ0) is 16.7. The van der Waals surface area contributed by atoms with Gasteiger partial charge in [-0.3, -0.25) is 4.79 Å². The van der Waals surface area contributed by atoms with Crippen molar-refractivity contribution in [2.45, 2.75) is 25.7 Å². The monoisotopic (exact) mass is 319 g/mol. The van der Waals surface area contributed by atoms with Gasteiger partial charge in [-0.15, -0.1) is 0 Å². The number of amides is 3. The fraction of sp³-hybridized carbons (Fsp3) is 0.529. The Morgan fingerprint density at radius 2 is 2.26 bits per heavy atom. The van der Waals surface area contributed by atoms with Crippen molar-refractivity contribution < 1.29 is 14.3 Å². The Morgan fingerprint density at radius 3 is 3.00 bits per heavy atom. The predicted octanol–water partition coefficient (Wildman–Crippen LogP) is 1.53. The maximum atomic E-state index is 12.0. The molecular formula is C17H25N3O3. The average Bonchev–Trinajstić information content (AvgIpc) is 2.58. The van der Waals surface area contributed by atoms with Gasteiger partial charge in [0.25, 0.3) is 0 Å². The summed E-state index contributed by atoms with van der Waals surface area (Å²) in [5, 5.41) is 2.36. The van der Waals surface area contributed by atoms with Crippen LogP contribution < -0.4 is 15.8 Å². The first-order valence-electron chi connectivity index (χ1n) is 8.02. The van der Waals surface area contributed by atoms with E-state index in [1.54, 1.807) is 7.11 Å². The van der Waals surface area contributed by atoms with Gasteiger partial charge in [-0.1, -0.05) is 12.1 Å². The molecule has 1 aromatic carbocycles. The molecule has 126 valence electrons. The smallest absolute Gasteiger partial charge is 0.312 e. The van der Waals surface area contributed by atoms with Crippen molar-refractivity contribution in [1.29, 1.82) is 0 Å². The maximum Gasteiger partial charge on any atom is 0.312 e. The van der Waals surface area contributed by atoms with Crippen LogP contribution in [-0.2, 0) is 11.2 Å². The number of nitrogens with zero attached hydrogens (tertiary/aromatic N) is 1. The number of benzene rings is 1. The molecule has 1 saturated heterocycles. The summed E-state index contributed by atoms with van der Waals surface area (Å²) in [6, 6.07) is 7.44. The highest BCUT2D eigenvalue weighted by Gasteiger charge is 2.23. The van der Waals surface area contributed by atoms with Crippen LogP contribution in [0.15, 0.2) is 24.3 Å². The molecule has 1 heterocycles. The number of carbonyl (C=O) groups excluding carboxylic acids is 2. The zero-order valence-corrected chi connectivity index (χ0v) is 13.6. The number of urea groups is 1. The van der Waals surface area contributed by atoms with Crippen LogP contribution in [0.1, 0.15) is 24.8 Å². The van der Waals surface area contributed by atoms with Gasteiger partial charge in [0.2, 0.25) is 5.91 Å². The average molecular weight is 319 g/mol. The molecule has 2 rings (SSSR count). The zero-order valence-electron chi connectivity index (χ0n) is 13.6. The summed E-state index contributed by atoms with van der Waals surface area (Å²) in [7, 11) is 1.67. The van der Waals surface area contributed by atoms with E-state index in [0.717, 1.165) is 44.5 Å². The van der Waals surface area contributed by atoms with Crippen LogP contribution in [-0.4, -0.2) is 43.6 Å². The van der Waals surface area contributed by atoms with Gasteiger partial charge >= 0.3 is 6.03 Å². The van der Waals surface area contributed by atoms with Crippen molar-refractivity contribution in [3.8, 4) is 5.75 Å². The van der Waals surface area contributed by atoms with E-state index in [2.05, 4.69) is 17.4 Å². The number of piperidine rings is 1. The van der Waals surface area contributed by atoms with Gasteiger partial charge in [0.1, 0.15) is 5.75 Å². The van der Waals surface area contributed by atoms with Gasteiger partial charge in [0.05, 0.1) is 13.7 Å². The highest BCUT2D eigenvalue weighted by Crippen LogP contribution is 2.22. The van der Waals surface area contributed by atoms with E-state index in [1.165, 1.54) is 5.56 Å². The van der Waals surface area contributed by atoms with Crippen LogP contribution in [0.2, 0.25) is 0 Å². The van der Waals surface area contributed by atoms with Gasteiger partial charge in [-0.05, 0) is 49.3 Å². The number of ether oxygens (including phenoxy) is 1. The second-order valence-electron chi connectivity index (χ2n) is 5.96. The first-order valence-corrected chi connectivity index (χ1v) is 8.02. The minimum atomic E-state index is -0.662. The van der Waals surface area contributed by atoms with E-state index in [-0.39, 0.29) is 12.5 Å². The number of rotatable bonds is 6. The number of primary amides is 1. The van der Waals surface area contributed by atoms with Crippen LogP contribution in [0.4, 0.5) is 4.79 Å². The first-order chi connectivity index (χ1) is 11.1. The van der Waals surface area contributed by atoms with E-state index in [9.17, 15) is 9.59 Å². The number of likely N-dealkylation sites (tertiary alicyclic amines) is 1. The molecule has 1 aliphatic heterocycles. The molecule has 0 radical (unpaired) electrons. The van der Waals surface area contributed by atoms with Crippen molar-refractivity contribution in [3.63, 3.8) is 0 Å². The molecule has 6 nitrogen and oxygen atoms in total. The summed E-state index contributed by atoms with van der Waals surface area (Å²) in [5.41, 5.74) is 6.26. The van der Waals surface area contributed by atoms with Gasteiger partial charge in [0, 0.05) is 13.1 Å². The van der Waals surface area contributed by atoms with Crippen LogP contribution in [0.5, 0.6) is 5.75 Å². The second-order valence-corrected chi connectivity index (χ2v) is 5.96. The highest BCUT2D eigenvalue weighted by atomic mass is 16.5. The number of methoxy groups -OCH3 is 1. The molecule has 0 spiro atoms. The fourth-order valence-corrected chi connectivity index (χ4v) is 3.00. The lowest BCUT2D eigenvalue weighted by Crippen LogP contribution is -2.46. The molecule has 3 N–H and O–H groups in total. The number of nitrogens with one attached hydrogen (secondary N) is 1. The van der Waals surface area contributed by atoms with E-state index in [4.69, 9.17) is 10.5 Å². The number of carbonyl (C=O) groups is 2. The summed E-state index contributed by atoms with van der Waals surface area (Å²) in [4.78, 5) is 24.6. The van der Waals surface area contributed by atoms with Crippen LogP contribution in [0.3, 0.4) is 0 Å². The molecular weight excluding hydrogens is 294 g/mol. The molecule has 0 aromatic heterocycles. The first kappa shape index (κ1) is 17.1. The molecule has 0 bridgehead atoms. The Kier molecular flexibility index (Phi) is 6.26. The van der Waals surface area contributed by atoms with E-state index in [1.807, 2.05) is 17.0 Å². The van der Waals surface area contributed by atoms with Crippen molar-refractivity contribution in [1.82, 2.24) is 10.2 Å². The molecule has 1 atom stereocenters. The Morgan fingerprint density at radius 1 is 1.43 bits per heavy atom. The fourth-order valence-electron chi connectivity index (χ4n) is 3.00. The summed E-state index contributed by atoms with van der Waals surface area (Å²) in [5.74, 6) is 1.31. The lowest BCUT2D eigenvalue weighted by Gasteiger charge is -2.33. The Balaban J connectivity index is 1.81. The molecule has 0 saturated carbocycles. The quantitative estimate of drug-likeness (QED) is 0.834. The number of nitrogens with two attached hydrogens (primary N) is 1. The normalized spacial score (nSPS) is 17.6. The third-order valence-electron chi connectivity index (χ3n) is 4.26.